The molecule has 24 heavy (non-hydrogen) atoms. The summed E-state index contributed by atoms with van der Waals surface area (Å²) in [6, 6.07) is 7.29. The third kappa shape index (κ3) is 3.82. The van der Waals surface area contributed by atoms with Crippen molar-refractivity contribution in [3.05, 3.63) is 48.0 Å². The number of aromatic nitrogens is 1. The smallest absolute Gasteiger partial charge is 0.255 e. The van der Waals surface area contributed by atoms with Crippen LogP contribution in [-0.2, 0) is 0 Å². The highest BCUT2D eigenvalue weighted by Gasteiger charge is 2.31. The zero-order valence-corrected chi connectivity index (χ0v) is 14.5. The maximum atomic E-state index is 12.8. The summed E-state index contributed by atoms with van der Waals surface area (Å²) in [5.74, 6) is 1.50. The normalized spacial score (nSPS) is 18.8. The summed E-state index contributed by atoms with van der Waals surface area (Å²) in [5, 5.41) is 11.2. The predicted molar refractivity (Wildman–Crippen MR) is 93.0 cm³/mol. The van der Waals surface area contributed by atoms with Gasteiger partial charge >= 0.3 is 0 Å². The van der Waals surface area contributed by atoms with E-state index in [2.05, 4.69) is 11.9 Å². The fourth-order valence-electron chi connectivity index (χ4n) is 3.11. The number of carbonyl (C=O) groups is 1. The zero-order valence-electron chi connectivity index (χ0n) is 13.7. The number of rotatable bonds is 6. The van der Waals surface area contributed by atoms with Gasteiger partial charge in [-0.05, 0) is 42.9 Å². The molecule has 2 aromatic heterocycles. The summed E-state index contributed by atoms with van der Waals surface area (Å²) in [5.41, 5.74) is 0.606. The quantitative estimate of drug-likeness (QED) is 0.811. The van der Waals surface area contributed by atoms with Crippen LogP contribution in [0.15, 0.2) is 46.2 Å². The Hall–Kier alpha value is -1.79. The molecule has 0 aromatic carbocycles. The minimum absolute atomic E-state index is 0.00954. The molecule has 0 saturated carbocycles. The molecule has 6 heteroatoms. The van der Waals surface area contributed by atoms with Crippen LogP contribution in [0.5, 0.6) is 0 Å². The van der Waals surface area contributed by atoms with Gasteiger partial charge in [0.15, 0.2) is 0 Å². The van der Waals surface area contributed by atoms with Crippen molar-refractivity contribution in [2.24, 2.45) is 0 Å². The number of thioether (sulfide) groups is 1. The molecule has 0 spiro atoms. The molecule has 1 aliphatic heterocycles. The third-order valence-electron chi connectivity index (χ3n) is 4.28. The van der Waals surface area contributed by atoms with Gasteiger partial charge in [-0.3, -0.25) is 4.79 Å². The number of furan rings is 1. The van der Waals surface area contributed by atoms with Crippen molar-refractivity contribution in [3.63, 3.8) is 0 Å². The lowest BCUT2D eigenvalue weighted by molar-refractivity contribution is 0.0641. The molecule has 0 bridgehead atoms. The summed E-state index contributed by atoms with van der Waals surface area (Å²) in [4.78, 5) is 19.0. The van der Waals surface area contributed by atoms with Crippen LogP contribution in [0.1, 0.15) is 48.4 Å². The number of likely N-dealkylation sites (tertiary alicyclic amines) is 1. The standard InChI is InChI=1S/C18H22N2O3S/c1-2-24-17-8-7-13(12-19-17)18(22)20-9-3-5-14(20)11-15(21)16-6-4-10-23-16/h4,6-8,10,12,14-15,21H,2-3,5,9,11H2,1H3. The van der Waals surface area contributed by atoms with E-state index in [0.717, 1.165) is 30.2 Å². The van der Waals surface area contributed by atoms with Gasteiger partial charge in [0.05, 0.1) is 16.9 Å². The van der Waals surface area contributed by atoms with Crippen LogP contribution in [0, 0.1) is 0 Å². The van der Waals surface area contributed by atoms with E-state index < -0.39 is 6.10 Å². The van der Waals surface area contributed by atoms with Gasteiger partial charge in [0.25, 0.3) is 5.91 Å². The van der Waals surface area contributed by atoms with Gasteiger partial charge in [-0.1, -0.05) is 6.92 Å². The van der Waals surface area contributed by atoms with Crippen molar-refractivity contribution in [2.75, 3.05) is 12.3 Å². The van der Waals surface area contributed by atoms with E-state index in [1.807, 2.05) is 17.0 Å². The van der Waals surface area contributed by atoms with Crippen LogP contribution >= 0.6 is 11.8 Å². The minimum atomic E-state index is -0.681. The SMILES string of the molecule is CCSc1ccc(C(=O)N2CCCC2CC(O)c2ccco2)cn1. The Kier molecular flexibility index (Phi) is 5.58. The highest BCUT2D eigenvalue weighted by molar-refractivity contribution is 7.99. The number of hydrogen-bond donors (Lipinski definition) is 1. The molecule has 1 N–H and O–H groups in total. The zero-order chi connectivity index (χ0) is 16.9. The number of nitrogens with zero attached hydrogens (tertiary/aromatic N) is 2. The molecule has 0 aliphatic carbocycles. The molecule has 1 fully saturated rings. The van der Waals surface area contributed by atoms with Crippen molar-refractivity contribution in [2.45, 2.75) is 43.4 Å². The lowest BCUT2D eigenvalue weighted by Crippen LogP contribution is -2.36. The lowest BCUT2D eigenvalue weighted by atomic mass is 10.0. The second-order valence-corrected chi connectivity index (χ2v) is 7.16. The van der Waals surface area contributed by atoms with E-state index in [-0.39, 0.29) is 11.9 Å². The Morgan fingerprint density at radius 2 is 2.38 bits per heavy atom. The van der Waals surface area contributed by atoms with Crippen LogP contribution in [0.2, 0.25) is 0 Å². The second-order valence-electron chi connectivity index (χ2n) is 5.88. The van der Waals surface area contributed by atoms with Gasteiger partial charge in [-0.2, -0.15) is 0 Å². The monoisotopic (exact) mass is 346 g/mol. The van der Waals surface area contributed by atoms with Crippen molar-refractivity contribution in [3.8, 4) is 0 Å². The summed E-state index contributed by atoms with van der Waals surface area (Å²) in [7, 11) is 0. The van der Waals surface area contributed by atoms with E-state index >= 15 is 0 Å². The molecular formula is C18H22N2O3S. The van der Waals surface area contributed by atoms with Gasteiger partial charge in [0, 0.05) is 25.2 Å². The van der Waals surface area contributed by atoms with Crippen LogP contribution < -0.4 is 0 Å². The van der Waals surface area contributed by atoms with E-state index in [9.17, 15) is 9.90 Å². The van der Waals surface area contributed by atoms with Crippen LogP contribution in [0.3, 0.4) is 0 Å². The molecule has 5 nitrogen and oxygen atoms in total. The highest BCUT2D eigenvalue weighted by atomic mass is 32.2. The van der Waals surface area contributed by atoms with Gasteiger partial charge < -0.3 is 14.4 Å². The Bertz CT molecular complexity index is 657. The molecule has 2 aromatic rings. The van der Waals surface area contributed by atoms with Gasteiger partial charge in [0.1, 0.15) is 11.9 Å². The first-order valence-electron chi connectivity index (χ1n) is 8.30. The first kappa shape index (κ1) is 17.0. The average molecular weight is 346 g/mol. The Labute approximate surface area is 146 Å². The Morgan fingerprint density at radius 3 is 3.04 bits per heavy atom. The minimum Gasteiger partial charge on any atom is -0.467 e. The van der Waals surface area contributed by atoms with E-state index in [4.69, 9.17) is 4.42 Å². The van der Waals surface area contributed by atoms with Crippen molar-refractivity contribution in [1.29, 1.82) is 0 Å². The molecule has 1 saturated heterocycles. The van der Waals surface area contributed by atoms with Crippen molar-refractivity contribution >= 4 is 17.7 Å². The molecule has 128 valence electrons. The summed E-state index contributed by atoms with van der Waals surface area (Å²) >= 11 is 1.66. The summed E-state index contributed by atoms with van der Waals surface area (Å²) in [6.07, 6.45) is 4.88. The Morgan fingerprint density at radius 1 is 1.50 bits per heavy atom. The average Bonchev–Trinajstić information content (AvgIpc) is 3.27. The van der Waals surface area contributed by atoms with E-state index in [1.165, 1.54) is 0 Å². The number of hydrogen-bond acceptors (Lipinski definition) is 5. The molecule has 3 rings (SSSR count). The first-order chi connectivity index (χ1) is 11.7. The number of aliphatic hydroxyl groups is 1. The van der Waals surface area contributed by atoms with Crippen LogP contribution in [-0.4, -0.2) is 39.2 Å². The second kappa shape index (κ2) is 7.85. The van der Waals surface area contributed by atoms with Crippen molar-refractivity contribution in [1.82, 2.24) is 9.88 Å². The Balaban J connectivity index is 1.66. The topological polar surface area (TPSA) is 66.6 Å². The van der Waals surface area contributed by atoms with Crippen molar-refractivity contribution < 1.29 is 14.3 Å². The summed E-state index contributed by atoms with van der Waals surface area (Å²) in [6.45, 7) is 2.80. The fourth-order valence-corrected chi connectivity index (χ4v) is 3.70. The maximum absolute atomic E-state index is 12.8. The predicted octanol–water partition coefficient (Wildman–Crippen LogP) is 3.51. The third-order valence-corrected chi connectivity index (χ3v) is 5.11. The number of amides is 1. The lowest BCUT2D eigenvalue weighted by Gasteiger charge is -2.26. The molecule has 1 amide bonds. The van der Waals surface area contributed by atoms with E-state index in [1.54, 1.807) is 36.4 Å². The number of carbonyl (C=O) groups excluding carboxylic acids is 1. The maximum Gasteiger partial charge on any atom is 0.255 e. The molecule has 2 atom stereocenters. The van der Waals surface area contributed by atoms with Crippen LogP contribution in [0.4, 0.5) is 0 Å². The van der Waals surface area contributed by atoms with Gasteiger partial charge in [0.2, 0.25) is 0 Å². The van der Waals surface area contributed by atoms with Gasteiger partial charge in [-0.15, -0.1) is 11.8 Å². The molecular weight excluding hydrogens is 324 g/mol. The number of aliphatic hydroxyl groups excluding tert-OH is 1. The molecule has 0 radical (unpaired) electrons. The summed E-state index contributed by atoms with van der Waals surface area (Å²) < 4.78 is 5.26. The van der Waals surface area contributed by atoms with Crippen LogP contribution in [0.25, 0.3) is 0 Å². The molecule has 1 aliphatic rings. The largest absolute Gasteiger partial charge is 0.467 e. The fraction of sp³-hybridized carbons (Fsp3) is 0.444. The number of pyridine rings is 1. The van der Waals surface area contributed by atoms with Gasteiger partial charge in [-0.25, -0.2) is 4.98 Å². The molecule has 2 unspecified atom stereocenters. The highest BCUT2D eigenvalue weighted by Crippen LogP contribution is 2.29. The molecule has 3 heterocycles. The van der Waals surface area contributed by atoms with E-state index in [0.29, 0.717) is 17.7 Å². The first-order valence-corrected chi connectivity index (χ1v) is 9.29.